The van der Waals surface area contributed by atoms with Gasteiger partial charge in [0, 0.05) is 37.9 Å². The Kier molecular flexibility index (Phi) is 11.3. The third kappa shape index (κ3) is 8.24. The van der Waals surface area contributed by atoms with E-state index in [1.807, 2.05) is 33.8 Å². The summed E-state index contributed by atoms with van der Waals surface area (Å²) in [5.41, 5.74) is 0.893. The molecule has 1 aliphatic heterocycles. The van der Waals surface area contributed by atoms with Gasteiger partial charge in [-0.25, -0.2) is 19.2 Å². The van der Waals surface area contributed by atoms with Crippen LogP contribution >= 0.6 is 7.82 Å². The molecule has 0 saturated carbocycles. The Balaban J connectivity index is 1.48. The molecule has 49 heavy (non-hydrogen) atoms. The maximum Gasteiger partial charge on any atom is 0.476 e. The molecule has 0 N–H and O–H groups in total. The van der Waals surface area contributed by atoms with Crippen LogP contribution in [0, 0.1) is 18.8 Å². The first kappa shape index (κ1) is 35.9. The number of hydrogen-bond acceptors (Lipinski definition) is 11. The number of fused-ring (bicyclic) bond motifs is 1. The fraction of sp³-hybridized carbons (Fsp3) is 0.455. The molecule has 0 spiro atoms. The largest absolute Gasteiger partial charge is 0.494 e. The number of rotatable bonds is 14. The number of phosphoric ester groups is 1. The molecule has 4 heterocycles. The van der Waals surface area contributed by atoms with Crippen molar-refractivity contribution in [3.05, 3.63) is 66.0 Å². The van der Waals surface area contributed by atoms with Gasteiger partial charge in [0.15, 0.2) is 5.82 Å². The number of carbonyl (C=O) groups excluding carboxylic acids is 3. The van der Waals surface area contributed by atoms with Crippen LogP contribution in [0.1, 0.15) is 54.2 Å². The molecule has 5 rings (SSSR count). The highest BCUT2D eigenvalue weighted by Crippen LogP contribution is 2.51. The lowest BCUT2D eigenvalue weighted by Crippen LogP contribution is -2.52. The van der Waals surface area contributed by atoms with Gasteiger partial charge in [-0.1, -0.05) is 45.9 Å². The van der Waals surface area contributed by atoms with Crippen LogP contribution in [0.2, 0.25) is 0 Å². The van der Waals surface area contributed by atoms with Crippen molar-refractivity contribution < 1.29 is 37.3 Å². The SMILES string of the molecule is COc1cnc(-n2cnc(C)n2)c2c1c(C(=O)C(=O)N1CCN(C(=O)c3ccccc3)CC1)cn2COP(=O)(OCC(C)C)OCC(C)C. The normalized spacial score (nSPS) is 13.9. The fourth-order valence-electron chi connectivity index (χ4n) is 5.20. The average molecular weight is 696 g/mol. The molecule has 1 aromatic carbocycles. The first-order valence-corrected chi connectivity index (χ1v) is 17.5. The Bertz CT molecular complexity index is 1830. The minimum atomic E-state index is -4.06. The van der Waals surface area contributed by atoms with E-state index in [2.05, 4.69) is 15.1 Å². The van der Waals surface area contributed by atoms with Crippen LogP contribution in [-0.2, 0) is 29.7 Å². The number of methoxy groups -OCH3 is 1. The van der Waals surface area contributed by atoms with Gasteiger partial charge in [-0.2, -0.15) is 5.10 Å². The van der Waals surface area contributed by atoms with E-state index in [-0.39, 0.29) is 86.4 Å². The van der Waals surface area contributed by atoms with E-state index in [1.54, 1.807) is 36.1 Å². The third-order valence-corrected chi connectivity index (χ3v) is 9.05. The van der Waals surface area contributed by atoms with Crippen LogP contribution in [-0.4, -0.2) is 98.2 Å². The lowest BCUT2D eigenvalue weighted by molar-refractivity contribution is -0.127. The van der Waals surface area contributed by atoms with E-state index < -0.39 is 19.5 Å². The summed E-state index contributed by atoms with van der Waals surface area (Å²) in [5.74, 6) is -0.610. The van der Waals surface area contributed by atoms with Crippen molar-refractivity contribution in [3.8, 4) is 11.6 Å². The van der Waals surface area contributed by atoms with Crippen LogP contribution in [0.25, 0.3) is 16.7 Å². The molecule has 3 aromatic heterocycles. The van der Waals surface area contributed by atoms with Crippen molar-refractivity contribution in [1.29, 1.82) is 0 Å². The number of ether oxygens (including phenoxy) is 1. The molecule has 1 aliphatic rings. The van der Waals surface area contributed by atoms with Crippen molar-refractivity contribution in [3.63, 3.8) is 0 Å². The summed E-state index contributed by atoms with van der Waals surface area (Å²) in [5, 5.41) is 4.67. The van der Waals surface area contributed by atoms with Gasteiger partial charge in [0.2, 0.25) is 0 Å². The number of piperazine rings is 1. The number of hydrogen-bond donors (Lipinski definition) is 0. The molecule has 4 aromatic rings. The molecule has 1 fully saturated rings. The second-order valence-electron chi connectivity index (χ2n) is 12.5. The molecular formula is C33H42N7O8P. The van der Waals surface area contributed by atoms with Crippen molar-refractivity contribution in [2.45, 2.75) is 41.3 Å². The van der Waals surface area contributed by atoms with Crippen LogP contribution in [0.15, 0.2) is 49.1 Å². The summed E-state index contributed by atoms with van der Waals surface area (Å²) in [4.78, 5) is 52.6. The van der Waals surface area contributed by atoms with Crippen LogP contribution in [0.3, 0.4) is 0 Å². The second kappa shape index (κ2) is 15.4. The first-order chi connectivity index (χ1) is 23.4. The average Bonchev–Trinajstić information content (AvgIpc) is 3.72. The molecule has 262 valence electrons. The van der Waals surface area contributed by atoms with Crippen molar-refractivity contribution in [2.75, 3.05) is 46.5 Å². The lowest BCUT2D eigenvalue weighted by Gasteiger charge is -2.34. The topological polar surface area (TPSA) is 160 Å². The van der Waals surface area contributed by atoms with Crippen LogP contribution in [0.4, 0.5) is 0 Å². The summed E-state index contributed by atoms with van der Waals surface area (Å²) in [6.45, 7) is 10.1. The summed E-state index contributed by atoms with van der Waals surface area (Å²) < 4.78 is 39.4. The van der Waals surface area contributed by atoms with E-state index in [1.165, 1.54) is 40.0 Å². The number of aromatic nitrogens is 5. The molecule has 0 atom stereocenters. The van der Waals surface area contributed by atoms with Crippen molar-refractivity contribution >= 4 is 36.3 Å². The predicted molar refractivity (Wildman–Crippen MR) is 179 cm³/mol. The Labute approximate surface area is 284 Å². The third-order valence-electron chi connectivity index (χ3n) is 7.68. The standard InChI is InChI=1S/C33H42N7O8P/c1-22(2)18-46-49(44,47-19-23(3)4)48-21-39-17-26(28-27(45-6)16-34-31(29(28)39)40-20-35-24(5)36-40)30(41)33(43)38-14-12-37(13-15-38)32(42)25-10-8-7-9-11-25/h7-11,16-17,20,22-23H,12-15,18-19,21H2,1-6H3. The summed E-state index contributed by atoms with van der Waals surface area (Å²) in [6.07, 6.45) is 4.33. The zero-order chi connectivity index (χ0) is 35.3. The van der Waals surface area contributed by atoms with Crippen LogP contribution < -0.4 is 4.74 Å². The maximum atomic E-state index is 14.0. The molecule has 2 amide bonds. The highest BCUT2D eigenvalue weighted by atomic mass is 31.2. The van der Waals surface area contributed by atoms with E-state index in [0.29, 0.717) is 16.9 Å². The smallest absolute Gasteiger partial charge is 0.476 e. The number of amides is 2. The number of pyridine rings is 1. The zero-order valence-corrected chi connectivity index (χ0v) is 29.5. The second-order valence-corrected chi connectivity index (χ2v) is 14.2. The number of Topliss-reactive ketones (excluding diaryl/α,β-unsaturated/α-hetero) is 1. The Morgan fingerprint density at radius 2 is 1.53 bits per heavy atom. The Morgan fingerprint density at radius 3 is 2.10 bits per heavy atom. The number of benzene rings is 1. The van der Waals surface area contributed by atoms with E-state index in [0.717, 1.165) is 0 Å². The monoisotopic (exact) mass is 695 g/mol. The van der Waals surface area contributed by atoms with Gasteiger partial charge in [0.25, 0.3) is 17.6 Å². The molecule has 0 radical (unpaired) electrons. The van der Waals surface area contributed by atoms with E-state index >= 15 is 0 Å². The molecule has 0 bridgehead atoms. The molecule has 0 unspecified atom stereocenters. The Hall–Kier alpha value is -4.43. The van der Waals surface area contributed by atoms with Gasteiger partial charge in [0.1, 0.15) is 30.1 Å². The number of phosphoric acid groups is 1. The number of carbonyl (C=O) groups is 3. The number of nitrogens with zero attached hydrogens (tertiary/aromatic N) is 7. The zero-order valence-electron chi connectivity index (χ0n) is 28.6. The number of ketones is 1. The maximum absolute atomic E-state index is 14.0. The minimum Gasteiger partial charge on any atom is -0.494 e. The quantitative estimate of drug-likeness (QED) is 0.104. The predicted octanol–water partition coefficient (Wildman–Crippen LogP) is 4.53. The van der Waals surface area contributed by atoms with Gasteiger partial charge >= 0.3 is 7.82 Å². The first-order valence-electron chi connectivity index (χ1n) is 16.1. The van der Waals surface area contributed by atoms with Crippen LogP contribution in [0.5, 0.6) is 5.75 Å². The summed E-state index contributed by atoms with van der Waals surface area (Å²) in [6, 6.07) is 8.91. The summed E-state index contributed by atoms with van der Waals surface area (Å²) >= 11 is 0. The lowest BCUT2D eigenvalue weighted by atomic mass is 10.1. The minimum absolute atomic E-state index is 0.0183. The molecule has 16 heteroatoms. The molecule has 1 saturated heterocycles. The molecule has 15 nitrogen and oxygen atoms in total. The van der Waals surface area contributed by atoms with Crippen molar-refractivity contribution in [1.82, 2.24) is 34.1 Å². The molecular weight excluding hydrogens is 653 g/mol. The molecule has 0 aliphatic carbocycles. The number of aryl methyl sites for hydroxylation is 1. The van der Waals surface area contributed by atoms with E-state index in [4.69, 9.17) is 18.3 Å². The highest BCUT2D eigenvalue weighted by Gasteiger charge is 2.34. The fourth-order valence-corrected chi connectivity index (χ4v) is 6.65. The van der Waals surface area contributed by atoms with Crippen molar-refractivity contribution in [2.24, 2.45) is 11.8 Å². The van der Waals surface area contributed by atoms with Gasteiger partial charge in [-0.15, -0.1) is 0 Å². The van der Waals surface area contributed by atoms with Gasteiger partial charge in [-0.05, 0) is 30.9 Å². The van der Waals surface area contributed by atoms with Gasteiger partial charge in [-0.3, -0.25) is 28.0 Å². The van der Waals surface area contributed by atoms with E-state index in [9.17, 15) is 18.9 Å². The van der Waals surface area contributed by atoms with Gasteiger partial charge in [0.05, 0.1) is 37.5 Å². The Morgan fingerprint density at radius 1 is 0.898 bits per heavy atom. The summed E-state index contributed by atoms with van der Waals surface area (Å²) in [7, 11) is -2.64. The van der Waals surface area contributed by atoms with Gasteiger partial charge < -0.3 is 19.1 Å². The highest BCUT2D eigenvalue weighted by molar-refractivity contribution is 7.48.